The third-order valence-corrected chi connectivity index (χ3v) is 5.24. The third-order valence-electron chi connectivity index (χ3n) is 4.19. The van der Waals surface area contributed by atoms with Gasteiger partial charge in [0.2, 0.25) is 0 Å². The predicted molar refractivity (Wildman–Crippen MR) is 74.8 cm³/mol. The van der Waals surface area contributed by atoms with Crippen molar-refractivity contribution in [3.63, 3.8) is 0 Å². The van der Waals surface area contributed by atoms with Gasteiger partial charge in [0, 0.05) is 5.92 Å². The molecule has 1 aliphatic heterocycles. The highest BCUT2D eigenvalue weighted by molar-refractivity contribution is 7.13. The Balaban J connectivity index is 1.75. The van der Waals surface area contributed by atoms with E-state index in [0.717, 1.165) is 43.2 Å². The smallest absolute Gasteiger partial charge is 0.347 e. The summed E-state index contributed by atoms with van der Waals surface area (Å²) in [6, 6.07) is 0. The highest BCUT2D eigenvalue weighted by Crippen LogP contribution is 2.39. The Morgan fingerprint density at radius 1 is 1.26 bits per heavy atom. The van der Waals surface area contributed by atoms with Crippen molar-refractivity contribution < 1.29 is 9.90 Å². The zero-order chi connectivity index (χ0) is 13.2. The molecule has 1 saturated heterocycles. The maximum atomic E-state index is 11.3. The van der Waals surface area contributed by atoms with Crippen molar-refractivity contribution in [2.75, 3.05) is 13.1 Å². The Morgan fingerprint density at radius 2 is 2.00 bits per heavy atom. The predicted octanol–water partition coefficient (Wildman–Crippen LogP) is 3.09. The molecule has 2 aliphatic rings. The molecule has 104 valence electrons. The lowest BCUT2D eigenvalue weighted by molar-refractivity contribution is 0.0699. The topological polar surface area (TPSA) is 53.4 Å². The van der Waals surface area contributed by atoms with Crippen LogP contribution >= 0.6 is 11.3 Å². The van der Waals surface area contributed by atoms with E-state index in [2.05, 4.69) is 9.88 Å². The Kier molecular flexibility index (Phi) is 3.84. The summed E-state index contributed by atoms with van der Waals surface area (Å²) in [5.41, 5.74) is 0.857. The molecule has 2 fully saturated rings. The minimum Gasteiger partial charge on any atom is -0.477 e. The Hall–Kier alpha value is -0.940. The van der Waals surface area contributed by atoms with Crippen LogP contribution in [0.3, 0.4) is 0 Å². The number of aromatic carboxylic acids is 1. The number of hydrogen-bond acceptors (Lipinski definition) is 4. The molecule has 3 rings (SSSR count). The van der Waals surface area contributed by atoms with E-state index in [9.17, 15) is 9.90 Å². The van der Waals surface area contributed by atoms with Crippen LogP contribution in [0.1, 0.15) is 64.8 Å². The van der Waals surface area contributed by atoms with E-state index in [4.69, 9.17) is 0 Å². The van der Waals surface area contributed by atoms with Gasteiger partial charge >= 0.3 is 5.97 Å². The first-order valence-corrected chi connectivity index (χ1v) is 8.01. The number of hydrogen-bond donors (Lipinski definition) is 1. The van der Waals surface area contributed by atoms with E-state index >= 15 is 0 Å². The summed E-state index contributed by atoms with van der Waals surface area (Å²) in [5, 5.41) is 10.3. The van der Waals surface area contributed by atoms with E-state index in [1.165, 1.54) is 37.0 Å². The van der Waals surface area contributed by atoms with Crippen LogP contribution in [0.2, 0.25) is 0 Å². The van der Waals surface area contributed by atoms with Gasteiger partial charge < -0.3 is 5.11 Å². The molecule has 0 aromatic carbocycles. The highest BCUT2D eigenvalue weighted by Gasteiger charge is 2.29. The largest absolute Gasteiger partial charge is 0.477 e. The molecule has 1 aromatic heterocycles. The number of nitrogens with zero attached hydrogens (tertiary/aromatic N) is 2. The van der Waals surface area contributed by atoms with E-state index < -0.39 is 5.97 Å². The summed E-state index contributed by atoms with van der Waals surface area (Å²) < 4.78 is 0. The number of rotatable bonds is 4. The summed E-state index contributed by atoms with van der Waals surface area (Å²) in [6.45, 7) is 3.08. The van der Waals surface area contributed by atoms with Gasteiger partial charge in [-0.25, -0.2) is 9.78 Å². The van der Waals surface area contributed by atoms with Crippen LogP contribution in [0.25, 0.3) is 0 Å². The van der Waals surface area contributed by atoms with Crippen LogP contribution in [0, 0.1) is 0 Å². The molecule has 4 nitrogen and oxygen atoms in total. The molecule has 1 aromatic rings. The average Bonchev–Trinajstić information content (AvgIpc) is 2.72. The number of likely N-dealkylation sites (tertiary alicyclic amines) is 1. The van der Waals surface area contributed by atoms with Gasteiger partial charge in [0.15, 0.2) is 0 Å². The monoisotopic (exact) mass is 280 g/mol. The van der Waals surface area contributed by atoms with Gasteiger partial charge in [0.05, 0.1) is 12.2 Å². The highest BCUT2D eigenvalue weighted by atomic mass is 32.1. The van der Waals surface area contributed by atoms with Crippen LogP contribution in [-0.2, 0) is 6.54 Å². The minimum absolute atomic E-state index is 0.400. The summed E-state index contributed by atoms with van der Waals surface area (Å²) >= 11 is 1.39. The van der Waals surface area contributed by atoms with Gasteiger partial charge in [-0.15, -0.1) is 11.3 Å². The van der Waals surface area contributed by atoms with Gasteiger partial charge in [0.25, 0.3) is 0 Å². The standard InChI is InChI=1S/C14H20N2O2S/c17-14(18)13-12(10-5-4-6-10)15-11(19-13)9-16-7-2-1-3-8-16/h10H,1-9H2,(H,17,18). The SMILES string of the molecule is O=C(O)c1sc(CN2CCCCC2)nc1C1CCC1. The summed E-state index contributed by atoms with van der Waals surface area (Å²) in [4.78, 5) is 18.9. The van der Waals surface area contributed by atoms with Gasteiger partial charge in [0.1, 0.15) is 9.88 Å². The molecule has 1 N–H and O–H groups in total. The van der Waals surface area contributed by atoms with Crippen molar-refractivity contribution in [2.45, 2.75) is 51.0 Å². The quantitative estimate of drug-likeness (QED) is 0.920. The van der Waals surface area contributed by atoms with Crippen molar-refractivity contribution in [3.8, 4) is 0 Å². The van der Waals surface area contributed by atoms with Crippen molar-refractivity contribution in [2.24, 2.45) is 0 Å². The van der Waals surface area contributed by atoms with Crippen LogP contribution in [0.15, 0.2) is 0 Å². The molecule has 5 heteroatoms. The van der Waals surface area contributed by atoms with Crippen LogP contribution in [-0.4, -0.2) is 34.0 Å². The van der Waals surface area contributed by atoms with Crippen molar-refractivity contribution >= 4 is 17.3 Å². The number of carbonyl (C=O) groups is 1. The summed E-state index contributed by atoms with van der Waals surface area (Å²) in [5.74, 6) is -0.401. The van der Waals surface area contributed by atoms with E-state index in [1.807, 2.05) is 0 Å². The number of piperidine rings is 1. The van der Waals surface area contributed by atoms with Gasteiger partial charge in [-0.3, -0.25) is 4.90 Å². The lowest BCUT2D eigenvalue weighted by atomic mass is 9.82. The second-order valence-corrected chi connectivity index (χ2v) is 6.68. The Bertz CT molecular complexity index is 462. The first-order valence-electron chi connectivity index (χ1n) is 7.19. The molecule has 0 bridgehead atoms. The van der Waals surface area contributed by atoms with Crippen molar-refractivity contribution in [1.29, 1.82) is 0 Å². The molecule has 1 saturated carbocycles. The maximum Gasteiger partial charge on any atom is 0.347 e. The molecule has 19 heavy (non-hydrogen) atoms. The molecular formula is C14H20N2O2S. The first kappa shape index (κ1) is 13.1. The molecule has 0 atom stereocenters. The van der Waals surface area contributed by atoms with Gasteiger partial charge in [-0.05, 0) is 38.8 Å². The summed E-state index contributed by atoms with van der Waals surface area (Å²) in [7, 11) is 0. The summed E-state index contributed by atoms with van der Waals surface area (Å²) in [6.07, 6.45) is 7.25. The number of aromatic nitrogens is 1. The number of carboxylic acid groups (broad SMARTS) is 1. The molecular weight excluding hydrogens is 260 g/mol. The molecule has 1 aliphatic carbocycles. The lowest BCUT2D eigenvalue weighted by Crippen LogP contribution is -2.29. The van der Waals surface area contributed by atoms with Crippen LogP contribution in [0.4, 0.5) is 0 Å². The van der Waals surface area contributed by atoms with E-state index in [-0.39, 0.29) is 0 Å². The van der Waals surface area contributed by atoms with Gasteiger partial charge in [-0.2, -0.15) is 0 Å². The zero-order valence-electron chi connectivity index (χ0n) is 11.1. The fourth-order valence-corrected chi connectivity index (χ4v) is 3.90. The fraction of sp³-hybridized carbons (Fsp3) is 0.714. The Labute approximate surface area is 117 Å². The fourth-order valence-electron chi connectivity index (χ4n) is 2.87. The third kappa shape index (κ3) is 2.82. The van der Waals surface area contributed by atoms with Gasteiger partial charge in [-0.1, -0.05) is 12.8 Å². The molecule has 2 heterocycles. The van der Waals surface area contributed by atoms with Crippen molar-refractivity contribution in [1.82, 2.24) is 9.88 Å². The Morgan fingerprint density at radius 3 is 2.58 bits per heavy atom. The minimum atomic E-state index is -0.802. The van der Waals surface area contributed by atoms with E-state index in [1.54, 1.807) is 0 Å². The first-order chi connectivity index (χ1) is 9.24. The number of carboxylic acids is 1. The lowest BCUT2D eigenvalue weighted by Gasteiger charge is -2.25. The molecule has 0 radical (unpaired) electrons. The molecule has 0 unspecified atom stereocenters. The molecule has 0 spiro atoms. The average molecular weight is 280 g/mol. The second-order valence-electron chi connectivity index (χ2n) is 5.59. The zero-order valence-corrected chi connectivity index (χ0v) is 11.9. The number of thiazole rings is 1. The second kappa shape index (κ2) is 5.59. The molecule has 0 amide bonds. The van der Waals surface area contributed by atoms with Crippen LogP contribution < -0.4 is 0 Å². The normalized spacial score (nSPS) is 21.3. The maximum absolute atomic E-state index is 11.3. The van der Waals surface area contributed by atoms with E-state index in [0.29, 0.717) is 10.8 Å². The van der Waals surface area contributed by atoms with Crippen molar-refractivity contribution in [3.05, 3.63) is 15.6 Å². The van der Waals surface area contributed by atoms with Crippen LogP contribution in [0.5, 0.6) is 0 Å².